The zero-order valence-corrected chi connectivity index (χ0v) is 22.7. The van der Waals surface area contributed by atoms with E-state index >= 15 is 0 Å². The van der Waals surface area contributed by atoms with E-state index in [1.807, 2.05) is 29.2 Å². The summed E-state index contributed by atoms with van der Waals surface area (Å²) in [6.07, 6.45) is 3.35. The lowest BCUT2D eigenvalue weighted by atomic mass is 10.0. The molecule has 40 heavy (non-hydrogen) atoms. The lowest BCUT2D eigenvalue weighted by Gasteiger charge is -2.36. The maximum absolute atomic E-state index is 13.5. The molecule has 2 aliphatic heterocycles. The Morgan fingerprint density at radius 2 is 1.23 bits per heavy atom. The quantitative estimate of drug-likeness (QED) is 0.443. The van der Waals surface area contributed by atoms with Crippen LogP contribution in [0.4, 0.5) is 17.1 Å². The number of benzene rings is 3. The highest BCUT2D eigenvalue weighted by Crippen LogP contribution is 2.36. The molecule has 9 heteroatoms. The van der Waals surface area contributed by atoms with E-state index in [-0.39, 0.29) is 5.91 Å². The van der Waals surface area contributed by atoms with Gasteiger partial charge in [-0.1, -0.05) is 48.5 Å². The average molecular weight is 546 g/mol. The molecule has 0 aliphatic carbocycles. The van der Waals surface area contributed by atoms with Gasteiger partial charge in [-0.15, -0.1) is 0 Å². The average Bonchev–Trinajstić information content (AvgIpc) is 3.15. The Kier molecular flexibility index (Phi) is 9.75. The molecule has 0 spiro atoms. The van der Waals surface area contributed by atoms with Crippen molar-refractivity contribution < 1.29 is 29.3 Å². The fraction of sp³-hybridized carbons (Fsp3) is 0.323. The molecule has 0 bridgehead atoms. The summed E-state index contributed by atoms with van der Waals surface area (Å²) in [6.45, 7) is 4.90. The molecular weight excluding hydrogens is 510 g/mol. The SMILES string of the molecule is COc1ccccc1N1CCN(CCCC(=O)N2c3ccccc3CCc3ccccc32)CC1.O=C(O)C(=O)O. The number of piperazine rings is 1. The minimum atomic E-state index is -1.82. The zero-order valence-electron chi connectivity index (χ0n) is 22.7. The first-order valence-corrected chi connectivity index (χ1v) is 13.4. The summed E-state index contributed by atoms with van der Waals surface area (Å²) in [4.78, 5) is 38.5. The highest BCUT2D eigenvalue weighted by atomic mass is 16.5. The summed E-state index contributed by atoms with van der Waals surface area (Å²) in [7, 11) is 1.73. The van der Waals surface area contributed by atoms with Gasteiger partial charge in [0.1, 0.15) is 5.75 Å². The van der Waals surface area contributed by atoms with E-state index in [1.165, 1.54) is 16.8 Å². The Morgan fingerprint density at radius 3 is 1.75 bits per heavy atom. The minimum Gasteiger partial charge on any atom is -0.495 e. The molecule has 1 fully saturated rings. The number of nitrogens with zero attached hydrogens (tertiary/aromatic N) is 3. The van der Waals surface area contributed by atoms with Gasteiger partial charge in [-0.05, 0) is 61.2 Å². The number of ether oxygens (including phenoxy) is 1. The number of carbonyl (C=O) groups is 3. The maximum atomic E-state index is 13.5. The highest BCUT2D eigenvalue weighted by molar-refractivity contribution is 6.27. The second kappa shape index (κ2) is 13.6. The highest BCUT2D eigenvalue weighted by Gasteiger charge is 2.26. The smallest absolute Gasteiger partial charge is 0.414 e. The molecule has 0 atom stereocenters. The Hall–Kier alpha value is -4.37. The number of aryl methyl sites for hydroxylation is 2. The van der Waals surface area contributed by atoms with E-state index in [1.54, 1.807) is 7.11 Å². The van der Waals surface area contributed by atoms with Crippen molar-refractivity contribution in [1.82, 2.24) is 4.90 Å². The van der Waals surface area contributed by atoms with Crippen molar-refractivity contribution in [2.45, 2.75) is 25.7 Å². The van der Waals surface area contributed by atoms with Gasteiger partial charge >= 0.3 is 11.9 Å². The van der Waals surface area contributed by atoms with E-state index < -0.39 is 11.9 Å². The molecule has 0 aromatic heterocycles. The van der Waals surface area contributed by atoms with Crippen molar-refractivity contribution in [1.29, 1.82) is 0 Å². The molecule has 1 amide bonds. The van der Waals surface area contributed by atoms with Crippen LogP contribution in [0.2, 0.25) is 0 Å². The molecule has 3 aromatic rings. The van der Waals surface area contributed by atoms with Crippen molar-refractivity contribution in [3.8, 4) is 5.75 Å². The molecule has 2 aliphatic rings. The number of para-hydroxylation sites is 4. The largest absolute Gasteiger partial charge is 0.495 e. The maximum Gasteiger partial charge on any atom is 0.414 e. The first kappa shape index (κ1) is 28.6. The molecule has 5 rings (SSSR count). The number of carboxylic acid groups (broad SMARTS) is 2. The molecule has 2 heterocycles. The standard InChI is InChI=1S/C29H33N3O2.C2H2O4/c1-34-28-14-7-6-13-27(28)31-21-19-30(20-22-31)18-8-15-29(33)32-25-11-4-2-9-23(25)16-17-24-10-3-5-12-26(24)32;3-1(4)2(5)6/h2-7,9-14H,8,15-22H2,1H3;(H,3,4)(H,5,6). The molecular formula is C31H35N3O6. The van der Waals surface area contributed by atoms with E-state index in [0.717, 1.165) is 69.1 Å². The summed E-state index contributed by atoms with van der Waals surface area (Å²) < 4.78 is 5.54. The van der Waals surface area contributed by atoms with Gasteiger partial charge in [-0.3, -0.25) is 14.6 Å². The van der Waals surface area contributed by atoms with Crippen LogP contribution in [0.3, 0.4) is 0 Å². The lowest BCUT2D eigenvalue weighted by Crippen LogP contribution is -2.46. The topological polar surface area (TPSA) is 111 Å². The lowest BCUT2D eigenvalue weighted by molar-refractivity contribution is -0.159. The summed E-state index contributed by atoms with van der Waals surface area (Å²) in [5.74, 6) is -2.53. The first-order chi connectivity index (χ1) is 19.4. The van der Waals surface area contributed by atoms with E-state index in [0.29, 0.717) is 6.42 Å². The minimum absolute atomic E-state index is 0.189. The number of anilines is 3. The summed E-state index contributed by atoms with van der Waals surface area (Å²) in [5.41, 5.74) is 5.75. The monoisotopic (exact) mass is 545 g/mol. The Bertz CT molecular complexity index is 1280. The third-order valence-electron chi connectivity index (χ3n) is 7.22. The second-order valence-electron chi connectivity index (χ2n) is 9.70. The fourth-order valence-electron chi connectivity index (χ4n) is 5.22. The Balaban J connectivity index is 0.000000557. The van der Waals surface area contributed by atoms with Gasteiger partial charge in [-0.2, -0.15) is 0 Å². The number of amides is 1. The number of carboxylic acids is 2. The number of rotatable bonds is 6. The summed E-state index contributed by atoms with van der Waals surface area (Å²) in [5, 5.41) is 14.8. The molecule has 9 nitrogen and oxygen atoms in total. The van der Waals surface area contributed by atoms with Crippen LogP contribution < -0.4 is 14.5 Å². The summed E-state index contributed by atoms with van der Waals surface area (Å²) >= 11 is 0. The van der Waals surface area contributed by atoms with Crippen LogP contribution in [0.25, 0.3) is 0 Å². The van der Waals surface area contributed by atoms with E-state index in [4.69, 9.17) is 24.5 Å². The molecule has 2 N–H and O–H groups in total. The first-order valence-electron chi connectivity index (χ1n) is 13.4. The molecule has 0 saturated carbocycles. The molecule has 3 aromatic carbocycles. The van der Waals surface area contributed by atoms with Gasteiger partial charge in [0.05, 0.1) is 24.2 Å². The van der Waals surface area contributed by atoms with E-state index in [2.05, 4.69) is 58.3 Å². The number of hydrogen-bond acceptors (Lipinski definition) is 6. The number of carbonyl (C=O) groups excluding carboxylic acids is 1. The predicted octanol–water partition coefficient (Wildman–Crippen LogP) is 4.22. The van der Waals surface area contributed by atoms with Gasteiger partial charge < -0.3 is 19.8 Å². The number of fused-ring (bicyclic) bond motifs is 2. The van der Waals surface area contributed by atoms with Crippen molar-refractivity contribution in [3.63, 3.8) is 0 Å². The molecule has 0 unspecified atom stereocenters. The third kappa shape index (κ3) is 6.98. The number of methoxy groups -OCH3 is 1. The van der Waals surface area contributed by atoms with Crippen molar-refractivity contribution >= 4 is 34.9 Å². The Labute approximate surface area is 234 Å². The van der Waals surface area contributed by atoms with Gasteiger partial charge in [0.25, 0.3) is 0 Å². The molecule has 0 radical (unpaired) electrons. The fourth-order valence-corrected chi connectivity index (χ4v) is 5.22. The van der Waals surface area contributed by atoms with Gasteiger partial charge in [0, 0.05) is 32.6 Å². The van der Waals surface area contributed by atoms with Crippen LogP contribution in [-0.4, -0.2) is 72.8 Å². The van der Waals surface area contributed by atoms with Crippen LogP contribution in [0.1, 0.15) is 24.0 Å². The van der Waals surface area contributed by atoms with Crippen molar-refractivity contribution in [2.24, 2.45) is 0 Å². The Morgan fingerprint density at radius 1 is 0.725 bits per heavy atom. The van der Waals surface area contributed by atoms with Gasteiger partial charge in [0.15, 0.2) is 0 Å². The number of hydrogen-bond donors (Lipinski definition) is 2. The second-order valence-corrected chi connectivity index (χ2v) is 9.70. The van der Waals surface area contributed by atoms with Crippen LogP contribution in [-0.2, 0) is 27.2 Å². The summed E-state index contributed by atoms with van der Waals surface area (Å²) in [6, 6.07) is 24.9. The number of aliphatic carboxylic acids is 2. The van der Waals surface area contributed by atoms with Crippen molar-refractivity contribution in [3.05, 3.63) is 83.9 Å². The molecule has 1 saturated heterocycles. The third-order valence-corrected chi connectivity index (χ3v) is 7.22. The van der Waals surface area contributed by atoms with Crippen molar-refractivity contribution in [2.75, 3.05) is 49.6 Å². The predicted molar refractivity (Wildman–Crippen MR) is 154 cm³/mol. The van der Waals surface area contributed by atoms with Crippen LogP contribution >= 0.6 is 0 Å². The van der Waals surface area contributed by atoms with Gasteiger partial charge in [-0.25, -0.2) is 9.59 Å². The molecule has 210 valence electrons. The van der Waals surface area contributed by atoms with Gasteiger partial charge in [0.2, 0.25) is 5.91 Å². The van der Waals surface area contributed by atoms with Crippen LogP contribution in [0.15, 0.2) is 72.8 Å². The zero-order chi connectivity index (χ0) is 28.5. The van der Waals surface area contributed by atoms with Crippen LogP contribution in [0, 0.1) is 0 Å². The van der Waals surface area contributed by atoms with Crippen LogP contribution in [0.5, 0.6) is 5.75 Å². The van der Waals surface area contributed by atoms with E-state index in [9.17, 15) is 4.79 Å². The normalized spacial score (nSPS) is 14.6.